The number of amides is 1. The molecule has 0 saturated heterocycles. The second-order valence-corrected chi connectivity index (χ2v) is 10.9. The smallest absolute Gasteiger partial charge is 0.325 e. The molecule has 10 nitrogen and oxygen atoms in total. The van der Waals surface area contributed by atoms with Crippen LogP contribution >= 0.6 is 11.3 Å². The van der Waals surface area contributed by atoms with Gasteiger partial charge < -0.3 is 18.8 Å². The van der Waals surface area contributed by atoms with Crippen molar-refractivity contribution in [2.45, 2.75) is 30.3 Å². The van der Waals surface area contributed by atoms with E-state index in [9.17, 15) is 18.0 Å². The minimum absolute atomic E-state index is 0.0341. The Balaban J connectivity index is 1.73. The van der Waals surface area contributed by atoms with Crippen molar-refractivity contribution in [1.82, 2.24) is 8.87 Å². The van der Waals surface area contributed by atoms with Crippen LogP contribution in [0.3, 0.4) is 0 Å². The van der Waals surface area contributed by atoms with Crippen LogP contribution in [0.15, 0.2) is 46.3 Å². The average molecular weight is 520 g/mol. The summed E-state index contributed by atoms with van der Waals surface area (Å²) in [6, 6.07) is 9.15. The van der Waals surface area contributed by atoms with Gasteiger partial charge in [-0.2, -0.15) is 9.30 Å². The highest BCUT2D eigenvalue weighted by Gasteiger charge is 2.35. The fraction of sp³-hybridized carbons (Fsp3) is 0.348. The van der Waals surface area contributed by atoms with E-state index in [1.807, 2.05) is 0 Å². The summed E-state index contributed by atoms with van der Waals surface area (Å²) in [5.74, 6) is -0.129. The van der Waals surface area contributed by atoms with Crippen LogP contribution in [0.25, 0.3) is 10.2 Å². The number of fused-ring (bicyclic) bond motifs is 1. The number of hydrogen-bond donors (Lipinski definition) is 0. The normalized spacial score (nSPS) is 14.4. The molecule has 12 heteroatoms. The maximum Gasteiger partial charge on any atom is 0.325 e. The van der Waals surface area contributed by atoms with E-state index in [2.05, 4.69) is 4.99 Å². The number of methoxy groups -OCH3 is 3. The number of rotatable bonds is 8. The standard InChI is InChI=1S/C23H25N3O7S2/c1-25(15-7-8-15)35(29,30)16-9-5-14(6-10-16)22(28)24-23-26(13-21(27)33-4)17-11-18(31-2)19(32-3)12-20(17)34-23/h5-6,9-12,15H,7-8,13H2,1-4H3. The highest BCUT2D eigenvalue weighted by atomic mass is 32.2. The van der Waals surface area contributed by atoms with E-state index >= 15 is 0 Å². The zero-order valence-corrected chi connectivity index (χ0v) is 21.3. The zero-order valence-electron chi connectivity index (χ0n) is 19.7. The molecule has 4 rings (SSSR count). The highest BCUT2D eigenvalue weighted by Crippen LogP contribution is 2.33. The zero-order chi connectivity index (χ0) is 25.3. The predicted molar refractivity (Wildman–Crippen MR) is 129 cm³/mol. The predicted octanol–water partition coefficient (Wildman–Crippen LogP) is 2.42. The number of aromatic nitrogens is 1. The maximum absolute atomic E-state index is 13.0. The van der Waals surface area contributed by atoms with Crippen LogP contribution in [0.1, 0.15) is 23.2 Å². The van der Waals surface area contributed by atoms with Gasteiger partial charge >= 0.3 is 5.97 Å². The van der Waals surface area contributed by atoms with Crippen LogP contribution < -0.4 is 14.3 Å². The van der Waals surface area contributed by atoms with Crippen LogP contribution in [0.4, 0.5) is 0 Å². The summed E-state index contributed by atoms with van der Waals surface area (Å²) in [7, 11) is 2.24. The van der Waals surface area contributed by atoms with Gasteiger partial charge in [-0.25, -0.2) is 8.42 Å². The molecule has 1 amide bonds. The van der Waals surface area contributed by atoms with Gasteiger partial charge in [-0.05, 0) is 37.1 Å². The summed E-state index contributed by atoms with van der Waals surface area (Å²) in [5, 5.41) is 0. The van der Waals surface area contributed by atoms with Gasteiger partial charge in [0, 0.05) is 30.8 Å². The molecule has 3 aromatic rings. The summed E-state index contributed by atoms with van der Waals surface area (Å²) in [4.78, 5) is 29.6. The van der Waals surface area contributed by atoms with E-state index in [0.717, 1.165) is 17.5 Å². The number of ether oxygens (including phenoxy) is 3. The number of benzene rings is 2. The second kappa shape index (κ2) is 9.80. The second-order valence-electron chi connectivity index (χ2n) is 7.92. The number of sulfonamides is 1. The van der Waals surface area contributed by atoms with Crippen molar-refractivity contribution >= 4 is 43.5 Å². The molecule has 1 aliphatic carbocycles. The third-order valence-corrected chi connectivity index (χ3v) is 8.70. The number of esters is 1. The number of thiazole rings is 1. The summed E-state index contributed by atoms with van der Waals surface area (Å²) in [5.41, 5.74) is 0.837. The SMILES string of the molecule is COC(=O)Cn1c(=NC(=O)c2ccc(S(=O)(=O)N(C)C3CC3)cc2)sc2cc(OC)c(OC)cc21. The molecule has 186 valence electrons. The van der Waals surface area contributed by atoms with Gasteiger partial charge in [-0.1, -0.05) is 11.3 Å². The first-order valence-corrected chi connectivity index (χ1v) is 12.9. The van der Waals surface area contributed by atoms with Crippen LogP contribution in [-0.4, -0.2) is 63.6 Å². The molecule has 1 heterocycles. The first-order chi connectivity index (χ1) is 16.7. The fourth-order valence-electron chi connectivity index (χ4n) is 3.55. The van der Waals surface area contributed by atoms with E-state index < -0.39 is 21.9 Å². The monoisotopic (exact) mass is 519 g/mol. The average Bonchev–Trinajstić information content (AvgIpc) is 3.66. The van der Waals surface area contributed by atoms with Crippen molar-refractivity contribution in [2.24, 2.45) is 4.99 Å². The highest BCUT2D eigenvalue weighted by molar-refractivity contribution is 7.89. The summed E-state index contributed by atoms with van der Waals surface area (Å²) >= 11 is 1.20. The van der Waals surface area contributed by atoms with Crippen molar-refractivity contribution in [2.75, 3.05) is 28.4 Å². The molecule has 0 aliphatic heterocycles. The van der Waals surface area contributed by atoms with Gasteiger partial charge in [0.15, 0.2) is 16.3 Å². The summed E-state index contributed by atoms with van der Waals surface area (Å²) < 4.78 is 44.6. The molecule has 1 aromatic heterocycles. The van der Waals surface area contributed by atoms with E-state index in [1.54, 1.807) is 23.7 Å². The Labute approximate surface area is 206 Å². The Kier molecular flexibility index (Phi) is 6.97. The van der Waals surface area contributed by atoms with Crippen LogP contribution in [0, 0.1) is 0 Å². The lowest BCUT2D eigenvalue weighted by atomic mass is 10.2. The Morgan fingerprint density at radius 2 is 1.71 bits per heavy atom. The molecule has 0 bridgehead atoms. The summed E-state index contributed by atoms with van der Waals surface area (Å²) in [6.45, 7) is -0.164. The van der Waals surface area contributed by atoms with Crippen molar-refractivity contribution in [3.05, 3.63) is 46.8 Å². The third-order valence-electron chi connectivity index (χ3n) is 5.74. The number of carbonyl (C=O) groups excluding carboxylic acids is 2. The van der Waals surface area contributed by atoms with Crippen molar-refractivity contribution < 1.29 is 32.2 Å². The number of carbonyl (C=O) groups is 2. The van der Waals surface area contributed by atoms with Crippen LogP contribution in [0.2, 0.25) is 0 Å². The number of nitrogens with zero attached hydrogens (tertiary/aromatic N) is 3. The molecular formula is C23H25N3O7S2. The topological polar surface area (TPSA) is 117 Å². The van der Waals surface area contributed by atoms with Crippen LogP contribution in [-0.2, 0) is 26.1 Å². The maximum atomic E-state index is 13.0. The van der Waals surface area contributed by atoms with Crippen molar-refractivity contribution in [1.29, 1.82) is 0 Å². The van der Waals surface area contributed by atoms with Gasteiger partial charge in [-0.15, -0.1) is 0 Å². The molecule has 1 aliphatic rings. The number of hydrogen-bond acceptors (Lipinski definition) is 8. The van der Waals surface area contributed by atoms with Gasteiger partial charge in [-0.3, -0.25) is 9.59 Å². The Morgan fingerprint density at radius 3 is 2.29 bits per heavy atom. The van der Waals surface area contributed by atoms with Gasteiger partial charge in [0.05, 0.1) is 36.4 Å². The van der Waals surface area contributed by atoms with E-state index in [-0.39, 0.29) is 27.8 Å². The molecule has 0 radical (unpaired) electrons. The van der Waals surface area contributed by atoms with Crippen molar-refractivity contribution in [3.8, 4) is 11.5 Å². The molecule has 0 N–H and O–H groups in total. The van der Waals surface area contributed by atoms with Gasteiger partial charge in [0.25, 0.3) is 5.91 Å². The Bertz CT molecular complexity index is 1450. The minimum atomic E-state index is -3.62. The Morgan fingerprint density at radius 1 is 1.09 bits per heavy atom. The van der Waals surface area contributed by atoms with Crippen LogP contribution in [0.5, 0.6) is 11.5 Å². The summed E-state index contributed by atoms with van der Waals surface area (Å²) in [6.07, 6.45) is 1.70. The van der Waals surface area contributed by atoms with Gasteiger partial charge in [0.2, 0.25) is 10.0 Å². The molecule has 1 fully saturated rings. The lowest BCUT2D eigenvalue weighted by Gasteiger charge is -2.16. The molecule has 2 aromatic carbocycles. The third kappa shape index (κ3) is 4.95. The molecule has 0 unspecified atom stereocenters. The first-order valence-electron chi connectivity index (χ1n) is 10.7. The van der Waals surface area contributed by atoms with E-state index in [1.165, 1.54) is 61.2 Å². The molecule has 0 spiro atoms. The Hall–Kier alpha value is -3.22. The minimum Gasteiger partial charge on any atom is -0.493 e. The van der Waals surface area contributed by atoms with Crippen molar-refractivity contribution in [3.63, 3.8) is 0 Å². The quantitative estimate of drug-likeness (QED) is 0.420. The molecule has 1 saturated carbocycles. The van der Waals surface area contributed by atoms with E-state index in [0.29, 0.717) is 17.0 Å². The lowest BCUT2D eigenvalue weighted by molar-refractivity contribution is -0.141. The van der Waals surface area contributed by atoms with Gasteiger partial charge in [0.1, 0.15) is 6.54 Å². The lowest BCUT2D eigenvalue weighted by Crippen LogP contribution is -2.28. The fourth-order valence-corrected chi connectivity index (χ4v) is 6.00. The largest absolute Gasteiger partial charge is 0.493 e. The first kappa shape index (κ1) is 24.9. The molecule has 35 heavy (non-hydrogen) atoms. The van der Waals surface area contributed by atoms with E-state index in [4.69, 9.17) is 14.2 Å². The molecular weight excluding hydrogens is 494 g/mol. The molecule has 0 atom stereocenters.